The second-order valence-electron chi connectivity index (χ2n) is 4.41. The van der Waals surface area contributed by atoms with Crippen molar-refractivity contribution in [2.75, 3.05) is 20.8 Å². The zero-order chi connectivity index (χ0) is 14.0. The van der Waals surface area contributed by atoms with Gasteiger partial charge in [-0.25, -0.2) is 4.79 Å². The number of ether oxygens (including phenoxy) is 2. The van der Waals surface area contributed by atoms with E-state index in [0.29, 0.717) is 18.7 Å². The van der Waals surface area contributed by atoms with Crippen LogP contribution in [0.5, 0.6) is 0 Å². The predicted molar refractivity (Wildman–Crippen MR) is 63.5 cm³/mol. The summed E-state index contributed by atoms with van der Waals surface area (Å²) in [7, 11) is 2.85. The van der Waals surface area contributed by atoms with Gasteiger partial charge in [0.05, 0.1) is 13.2 Å². The molecule has 2 rings (SSSR count). The van der Waals surface area contributed by atoms with E-state index >= 15 is 0 Å². The molecular weight excluding hydrogens is 252 g/mol. The molecule has 0 saturated carbocycles. The van der Waals surface area contributed by atoms with E-state index in [4.69, 9.17) is 14.0 Å². The molecule has 1 saturated heterocycles. The summed E-state index contributed by atoms with van der Waals surface area (Å²) in [6.45, 7) is 2.03. The number of nitrogens with zero attached hydrogens (tertiary/aromatic N) is 2. The van der Waals surface area contributed by atoms with Crippen LogP contribution in [0.15, 0.2) is 10.6 Å². The summed E-state index contributed by atoms with van der Waals surface area (Å²) in [4.78, 5) is 25.4. The number of esters is 1. The van der Waals surface area contributed by atoms with E-state index in [1.165, 1.54) is 18.1 Å². The molecular formula is C12H16N2O5. The van der Waals surface area contributed by atoms with Gasteiger partial charge < -0.3 is 18.9 Å². The molecule has 19 heavy (non-hydrogen) atoms. The molecule has 1 aliphatic heterocycles. The molecule has 2 heterocycles. The van der Waals surface area contributed by atoms with Crippen LogP contribution < -0.4 is 0 Å². The maximum absolute atomic E-state index is 12.3. The maximum Gasteiger partial charge on any atom is 0.328 e. The Kier molecular flexibility index (Phi) is 3.84. The molecule has 0 N–H and O–H groups in total. The number of rotatable bonds is 3. The van der Waals surface area contributed by atoms with Gasteiger partial charge in [-0.1, -0.05) is 5.16 Å². The lowest BCUT2D eigenvalue weighted by molar-refractivity contribution is -0.145. The highest BCUT2D eigenvalue weighted by atomic mass is 16.5. The number of methoxy groups -OCH3 is 2. The van der Waals surface area contributed by atoms with Crippen LogP contribution in [0.3, 0.4) is 0 Å². The Bertz CT molecular complexity index is 484. The average molecular weight is 268 g/mol. The van der Waals surface area contributed by atoms with Gasteiger partial charge in [-0.2, -0.15) is 0 Å². The van der Waals surface area contributed by atoms with E-state index in [2.05, 4.69) is 5.16 Å². The van der Waals surface area contributed by atoms with E-state index in [1.807, 2.05) is 0 Å². The molecule has 1 aromatic heterocycles. The maximum atomic E-state index is 12.3. The van der Waals surface area contributed by atoms with Gasteiger partial charge in [0.25, 0.3) is 5.91 Å². The lowest BCUT2D eigenvalue weighted by Gasteiger charge is -2.20. The third-order valence-corrected chi connectivity index (χ3v) is 3.18. The minimum atomic E-state index is -0.639. The van der Waals surface area contributed by atoms with E-state index in [1.54, 1.807) is 14.0 Å². The van der Waals surface area contributed by atoms with Crippen LogP contribution in [0.2, 0.25) is 0 Å². The molecule has 1 amide bonds. The van der Waals surface area contributed by atoms with E-state index in [9.17, 15) is 9.59 Å². The molecule has 0 unspecified atom stereocenters. The highest BCUT2D eigenvalue weighted by Crippen LogP contribution is 2.23. The molecule has 0 radical (unpaired) electrons. The normalized spacial score (nSPS) is 22.6. The molecule has 0 spiro atoms. The van der Waals surface area contributed by atoms with Gasteiger partial charge >= 0.3 is 5.97 Å². The predicted octanol–water partition coefficient (Wildman–Crippen LogP) is 0.386. The van der Waals surface area contributed by atoms with Gasteiger partial charge in [0.1, 0.15) is 11.8 Å². The summed E-state index contributed by atoms with van der Waals surface area (Å²) in [5.74, 6) is -0.264. The number of carbonyl (C=O) groups excluding carboxylic acids is 2. The fourth-order valence-electron chi connectivity index (χ4n) is 2.17. The summed E-state index contributed by atoms with van der Waals surface area (Å²) in [6, 6.07) is 0.899. The molecule has 2 atom stereocenters. The standard InChI is InChI=1S/C12H16N2O5/c1-7-4-9(13-19-7)11(15)14-6-8(17-2)5-10(14)12(16)18-3/h4,8,10H,5-6H2,1-3H3/t8-,10+/m1/s1. The van der Waals surface area contributed by atoms with Crippen molar-refractivity contribution in [2.24, 2.45) is 0 Å². The van der Waals surface area contributed by atoms with Gasteiger partial charge in [-0.05, 0) is 6.92 Å². The minimum absolute atomic E-state index is 0.180. The topological polar surface area (TPSA) is 81.9 Å². The third kappa shape index (κ3) is 2.60. The smallest absolute Gasteiger partial charge is 0.328 e. The third-order valence-electron chi connectivity index (χ3n) is 3.18. The Morgan fingerprint density at radius 3 is 2.74 bits per heavy atom. The van der Waals surface area contributed by atoms with Crippen molar-refractivity contribution >= 4 is 11.9 Å². The van der Waals surface area contributed by atoms with Gasteiger partial charge in [0.2, 0.25) is 0 Å². The molecule has 0 aliphatic carbocycles. The number of aryl methyl sites for hydroxylation is 1. The SMILES string of the molecule is COC(=O)[C@@H]1C[C@@H](OC)CN1C(=O)c1cc(C)on1. The summed E-state index contributed by atoms with van der Waals surface area (Å²) in [5, 5.41) is 3.67. The lowest BCUT2D eigenvalue weighted by Crippen LogP contribution is -2.41. The van der Waals surface area contributed by atoms with Crippen LogP contribution in [0.25, 0.3) is 0 Å². The zero-order valence-electron chi connectivity index (χ0n) is 11.1. The highest BCUT2D eigenvalue weighted by Gasteiger charge is 2.41. The first kappa shape index (κ1) is 13.5. The van der Waals surface area contributed by atoms with E-state index in [-0.39, 0.29) is 17.7 Å². The van der Waals surface area contributed by atoms with Crippen molar-refractivity contribution in [3.05, 3.63) is 17.5 Å². The van der Waals surface area contributed by atoms with Crippen LogP contribution in [-0.2, 0) is 14.3 Å². The molecule has 7 nitrogen and oxygen atoms in total. The highest BCUT2D eigenvalue weighted by molar-refractivity contribution is 5.95. The molecule has 7 heteroatoms. The van der Waals surface area contributed by atoms with Crippen molar-refractivity contribution in [2.45, 2.75) is 25.5 Å². The molecule has 0 aromatic carbocycles. The number of amides is 1. The van der Waals surface area contributed by atoms with E-state index < -0.39 is 12.0 Å². The molecule has 0 bridgehead atoms. The Morgan fingerprint density at radius 1 is 1.47 bits per heavy atom. The monoisotopic (exact) mass is 268 g/mol. The molecule has 1 fully saturated rings. The van der Waals surface area contributed by atoms with Gasteiger partial charge in [-0.3, -0.25) is 4.79 Å². The molecule has 1 aromatic rings. The number of hydrogen-bond acceptors (Lipinski definition) is 6. The Morgan fingerprint density at radius 2 is 2.21 bits per heavy atom. The lowest BCUT2D eigenvalue weighted by atomic mass is 10.2. The quantitative estimate of drug-likeness (QED) is 0.737. The Hall–Kier alpha value is -1.89. The fourth-order valence-corrected chi connectivity index (χ4v) is 2.17. The van der Waals surface area contributed by atoms with Gasteiger partial charge in [0.15, 0.2) is 5.69 Å². The van der Waals surface area contributed by atoms with Crippen molar-refractivity contribution in [3.8, 4) is 0 Å². The summed E-state index contributed by atoms with van der Waals surface area (Å²) in [5.41, 5.74) is 0.183. The zero-order valence-corrected chi connectivity index (χ0v) is 11.1. The van der Waals surface area contributed by atoms with Crippen LogP contribution >= 0.6 is 0 Å². The summed E-state index contributed by atoms with van der Waals surface area (Å²) >= 11 is 0. The molecule has 104 valence electrons. The average Bonchev–Trinajstić information content (AvgIpc) is 3.03. The van der Waals surface area contributed by atoms with E-state index in [0.717, 1.165) is 0 Å². The fraction of sp³-hybridized carbons (Fsp3) is 0.583. The number of aromatic nitrogens is 1. The van der Waals surface area contributed by atoms with Crippen molar-refractivity contribution in [3.63, 3.8) is 0 Å². The first-order valence-corrected chi connectivity index (χ1v) is 5.91. The van der Waals surface area contributed by atoms with Crippen molar-refractivity contribution in [1.29, 1.82) is 0 Å². The second kappa shape index (κ2) is 5.40. The summed E-state index contributed by atoms with van der Waals surface area (Å²) in [6.07, 6.45) is 0.243. The van der Waals surface area contributed by atoms with Gasteiger partial charge in [0, 0.05) is 26.1 Å². The van der Waals surface area contributed by atoms with Crippen molar-refractivity contribution < 1.29 is 23.6 Å². The largest absolute Gasteiger partial charge is 0.467 e. The van der Waals surface area contributed by atoms with Crippen LogP contribution in [0.4, 0.5) is 0 Å². The summed E-state index contributed by atoms with van der Waals surface area (Å²) < 4.78 is 14.8. The van der Waals surface area contributed by atoms with Crippen LogP contribution in [-0.4, -0.2) is 54.8 Å². The number of likely N-dealkylation sites (tertiary alicyclic amines) is 1. The van der Waals surface area contributed by atoms with Crippen LogP contribution in [0, 0.1) is 6.92 Å². The number of carbonyl (C=O) groups is 2. The Balaban J connectivity index is 2.20. The molecule has 1 aliphatic rings. The van der Waals surface area contributed by atoms with Crippen molar-refractivity contribution in [1.82, 2.24) is 10.1 Å². The van der Waals surface area contributed by atoms with Gasteiger partial charge in [-0.15, -0.1) is 0 Å². The first-order valence-electron chi connectivity index (χ1n) is 5.91. The van der Waals surface area contributed by atoms with Crippen LogP contribution in [0.1, 0.15) is 22.7 Å². The second-order valence-corrected chi connectivity index (χ2v) is 4.41. The number of hydrogen-bond donors (Lipinski definition) is 0. The minimum Gasteiger partial charge on any atom is -0.467 e. The Labute approximate surface area is 110 Å². The first-order chi connectivity index (χ1) is 9.06.